The zero-order chi connectivity index (χ0) is 15.4. The molecule has 22 heavy (non-hydrogen) atoms. The number of aromatic nitrogens is 1. The maximum absolute atomic E-state index is 11.6. The summed E-state index contributed by atoms with van der Waals surface area (Å²) in [5.74, 6) is 0.966. The molecule has 0 amide bonds. The van der Waals surface area contributed by atoms with E-state index in [2.05, 4.69) is 24.3 Å². The van der Waals surface area contributed by atoms with Crippen LogP contribution in [0.15, 0.2) is 36.4 Å². The molecule has 1 saturated carbocycles. The number of fused-ring (bicyclic) bond motifs is 1. The third-order valence-electron chi connectivity index (χ3n) is 4.65. The summed E-state index contributed by atoms with van der Waals surface area (Å²) in [5, 5.41) is 1.20. The fourth-order valence-electron chi connectivity index (χ4n) is 3.43. The van der Waals surface area contributed by atoms with E-state index in [-0.39, 0.29) is 5.97 Å². The lowest BCUT2D eigenvalue weighted by molar-refractivity contribution is -0.144. The Morgan fingerprint density at radius 1 is 1.14 bits per heavy atom. The molecule has 0 bridgehead atoms. The molecule has 3 rings (SSSR count). The monoisotopic (exact) mass is 297 g/mol. The number of rotatable bonds is 4. The Bertz CT molecular complexity index is 645. The van der Waals surface area contributed by atoms with E-state index in [1.54, 1.807) is 0 Å². The Balaban J connectivity index is 1.61. The van der Waals surface area contributed by atoms with Crippen LogP contribution in [-0.4, -0.2) is 17.6 Å². The molecule has 1 fully saturated rings. The molecule has 1 aliphatic carbocycles. The van der Waals surface area contributed by atoms with E-state index < -0.39 is 0 Å². The average Bonchev–Trinajstić information content (AvgIpc) is 2.55. The predicted octanol–water partition coefficient (Wildman–Crippen LogP) is 4.46. The van der Waals surface area contributed by atoms with Gasteiger partial charge >= 0.3 is 5.97 Å². The third kappa shape index (κ3) is 3.46. The predicted molar refractivity (Wildman–Crippen MR) is 87.7 cm³/mol. The van der Waals surface area contributed by atoms with Gasteiger partial charge in [0, 0.05) is 23.4 Å². The molecule has 0 spiro atoms. The second-order valence-corrected chi connectivity index (χ2v) is 6.16. The molecule has 0 aliphatic heterocycles. The Labute approximate surface area is 131 Å². The summed E-state index contributed by atoms with van der Waals surface area (Å²) in [5.41, 5.74) is 2.28. The summed E-state index contributed by atoms with van der Waals surface area (Å²) in [6.45, 7) is 2.34. The molecule has 0 radical (unpaired) electrons. The van der Waals surface area contributed by atoms with Crippen molar-refractivity contribution in [3.8, 4) is 0 Å². The first-order valence-electron chi connectivity index (χ1n) is 8.27. The van der Waals surface area contributed by atoms with Crippen LogP contribution in [0.5, 0.6) is 0 Å². The van der Waals surface area contributed by atoms with E-state index in [4.69, 9.17) is 9.72 Å². The van der Waals surface area contributed by atoms with E-state index in [1.165, 1.54) is 11.1 Å². The molecule has 1 aliphatic rings. The summed E-state index contributed by atoms with van der Waals surface area (Å²) < 4.78 is 5.05. The second kappa shape index (κ2) is 6.91. The molecule has 0 saturated heterocycles. The first-order valence-corrected chi connectivity index (χ1v) is 8.27. The van der Waals surface area contributed by atoms with Crippen LogP contribution in [0, 0.1) is 5.92 Å². The van der Waals surface area contributed by atoms with Crippen molar-refractivity contribution in [1.29, 1.82) is 0 Å². The highest BCUT2D eigenvalue weighted by molar-refractivity contribution is 5.78. The van der Waals surface area contributed by atoms with Crippen molar-refractivity contribution < 1.29 is 9.53 Å². The van der Waals surface area contributed by atoms with Gasteiger partial charge in [-0.1, -0.05) is 24.3 Å². The lowest BCUT2D eigenvalue weighted by atomic mass is 9.79. The topological polar surface area (TPSA) is 39.2 Å². The Hall–Kier alpha value is -1.90. The van der Waals surface area contributed by atoms with Crippen LogP contribution in [-0.2, 0) is 9.53 Å². The number of carbonyl (C=O) groups excluding carboxylic acids is 1. The molecule has 0 atom stereocenters. The lowest BCUT2D eigenvalue weighted by Gasteiger charge is -2.27. The fourth-order valence-corrected chi connectivity index (χ4v) is 3.43. The van der Waals surface area contributed by atoms with E-state index in [0.29, 0.717) is 24.9 Å². The normalized spacial score (nSPS) is 21.7. The minimum absolute atomic E-state index is 0.0465. The smallest absolute Gasteiger partial charge is 0.306 e. The number of benzene rings is 1. The standard InChI is InChI=1S/C19H23NO2/c1-2-22-19(21)13-14-7-9-16(10-8-14)18-12-11-15-5-3-4-6-17(15)20-18/h3-6,11-12,14,16H,2,7-10,13H2,1H3. The molecule has 1 heterocycles. The van der Waals surface area contributed by atoms with Crippen LogP contribution in [0.25, 0.3) is 10.9 Å². The fraction of sp³-hybridized carbons (Fsp3) is 0.474. The number of hydrogen-bond donors (Lipinski definition) is 0. The number of nitrogens with zero attached hydrogens (tertiary/aromatic N) is 1. The highest BCUT2D eigenvalue weighted by Gasteiger charge is 2.25. The van der Waals surface area contributed by atoms with Gasteiger partial charge < -0.3 is 4.74 Å². The minimum Gasteiger partial charge on any atom is -0.466 e. The molecular formula is C19H23NO2. The molecule has 1 aromatic heterocycles. The minimum atomic E-state index is -0.0465. The van der Waals surface area contributed by atoms with Crippen LogP contribution >= 0.6 is 0 Å². The van der Waals surface area contributed by atoms with Crippen molar-refractivity contribution in [3.05, 3.63) is 42.1 Å². The highest BCUT2D eigenvalue weighted by Crippen LogP contribution is 2.36. The van der Waals surface area contributed by atoms with Crippen LogP contribution in [0.2, 0.25) is 0 Å². The molecule has 0 unspecified atom stereocenters. The van der Waals surface area contributed by atoms with Crippen LogP contribution in [0.1, 0.15) is 50.6 Å². The van der Waals surface area contributed by atoms with Crippen molar-refractivity contribution >= 4 is 16.9 Å². The summed E-state index contributed by atoms with van der Waals surface area (Å²) in [4.78, 5) is 16.4. The quantitative estimate of drug-likeness (QED) is 0.782. The van der Waals surface area contributed by atoms with Gasteiger partial charge in [-0.05, 0) is 50.7 Å². The van der Waals surface area contributed by atoms with E-state index >= 15 is 0 Å². The molecule has 116 valence electrons. The first kappa shape index (κ1) is 15.0. The number of pyridine rings is 1. The molecule has 0 N–H and O–H groups in total. The van der Waals surface area contributed by atoms with Gasteiger partial charge in [0.25, 0.3) is 0 Å². The molecule has 1 aromatic carbocycles. The van der Waals surface area contributed by atoms with E-state index in [0.717, 1.165) is 31.2 Å². The lowest BCUT2D eigenvalue weighted by Crippen LogP contribution is -2.18. The zero-order valence-electron chi connectivity index (χ0n) is 13.1. The van der Waals surface area contributed by atoms with Crippen molar-refractivity contribution in [1.82, 2.24) is 4.98 Å². The third-order valence-corrected chi connectivity index (χ3v) is 4.65. The van der Waals surface area contributed by atoms with Gasteiger partial charge in [-0.3, -0.25) is 9.78 Å². The Kier molecular flexibility index (Phi) is 4.71. The van der Waals surface area contributed by atoms with Crippen molar-refractivity contribution in [3.63, 3.8) is 0 Å². The summed E-state index contributed by atoms with van der Waals surface area (Å²) >= 11 is 0. The SMILES string of the molecule is CCOC(=O)CC1CCC(c2ccc3ccccc3n2)CC1. The van der Waals surface area contributed by atoms with Gasteiger partial charge in [0.05, 0.1) is 12.1 Å². The number of para-hydroxylation sites is 1. The van der Waals surface area contributed by atoms with Gasteiger partial charge in [0.1, 0.15) is 0 Å². The maximum Gasteiger partial charge on any atom is 0.306 e. The van der Waals surface area contributed by atoms with Crippen molar-refractivity contribution in [2.75, 3.05) is 6.61 Å². The van der Waals surface area contributed by atoms with Gasteiger partial charge in [-0.15, -0.1) is 0 Å². The number of carbonyl (C=O) groups is 1. The van der Waals surface area contributed by atoms with Gasteiger partial charge in [0.2, 0.25) is 0 Å². The van der Waals surface area contributed by atoms with E-state index in [1.807, 2.05) is 19.1 Å². The number of hydrogen-bond acceptors (Lipinski definition) is 3. The summed E-state index contributed by atoms with van der Waals surface area (Å²) in [6, 6.07) is 12.6. The van der Waals surface area contributed by atoms with Crippen LogP contribution < -0.4 is 0 Å². The molecule has 3 heteroatoms. The maximum atomic E-state index is 11.6. The van der Waals surface area contributed by atoms with Crippen molar-refractivity contribution in [2.24, 2.45) is 5.92 Å². The van der Waals surface area contributed by atoms with Crippen molar-refractivity contribution in [2.45, 2.75) is 44.9 Å². The number of ether oxygens (including phenoxy) is 1. The largest absolute Gasteiger partial charge is 0.466 e. The molecular weight excluding hydrogens is 274 g/mol. The zero-order valence-corrected chi connectivity index (χ0v) is 13.1. The van der Waals surface area contributed by atoms with E-state index in [9.17, 15) is 4.79 Å². The van der Waals surface area contributed by atoms with Crippen LogP contribution in [0.3, 0.4) is 0 Å². The Morgan fingerprint density at radius 3 is 2.68 bits per heavy atom. The molecule has 2 aromatic rings. The highest BCUT2D eigenvalue weighted by atomic mass is 16.5. The van der Waals surface area contributed by atoms with Gasteiger partial charge in [-0.2, -0.15) is 0 Å². The van der Waals surface area contributed by atoms with Crippen LogP contribution in [0.4, 0.5) is 0 Å². The molecule has 3 nitrogen and oxygen atoms in total. The Morgan fingerprint density at radius 2 is 1.91 bits per heavy atom. The summed E-state index contributed by atoms with van der Waals surface area (Å²) in [7, 11) is 0. The number of esters is 1. The second-order valence-electron chi connectivity index (χ2n) is 6.16. The van der Waals surface area contributed by atoms with Gasteiger partial charge in [-0.25, -0.2) is 0 Å². The first-order chi connectivity index (χ1) is 10.8. The summed E-state index contributed by atoms with van der Waals surface area (Å²) in [6.07, 6.45) is 5.01. The van der Waals surface area contributed by atoms with Gasteiger partial charge in [0.15, 0.2) is 0 Å². The average molecular weight is 297 g/mol.